The topological polar surface area (TPSA) is 75.4 Å². The Bertz CT molecular complexity index is 233. The maximum atomic E-state index is 11.8. The quantitative estimate of drug-likeness (QED) is 0.599. The van der Waals surface area contributed by atoms with E-state index in [4.69, 9.17) is 10.8 Å². The van der Waals surface area contributed by atoms with Gasteiger partial charge in [-0.1, -0.05) is 13.8 Å². The van der Waals surface area contributed by atoms with E-state index in [1.165, 1.54) is 0 Å². The first-order valence-corrected chi connectivity index (χ1v) is 5.70. The molecule has 0 aromatic carbocycles. The van der Waals surface area contributed by atoms with Gasteiger partial charge >= 0.3 is 0 Å². The second kappa shape index (κ2) is 4.49. The summed E-state index contributed by atoms with van der Waals surface area (Å²) in [5.41, 5.74) is 5.17. The maximum absolute atomic E-state index is 11.8. The molecule has 88 valence electrons. The molecule has 0 aromatic heterocycles. The first-order valence-electron chi connectivity index (χ1n) is 5.70. The highest BCUT2D eigenvalue weighted by molar-refractivity contribution is 5.85. The first-order chi connectivity index (χ1) is 7.02. The molecule has 0 radical (unpaired) electrons. The summed E-state index contributed by atoms with van der Waals surface area (Å²) in [6, 6.07) is 0. The number of amides is 1. The molecule has 1 saturated carbocycles. The van der Waals surface area contributed by atoms with Gasteiger partial charge in [-0.3, -0.25) is 4.79 Å². The van der Waals surface area contributed by atoms with Crippen LogP contribution in [0.5, 0.6) is 0 Å². The molecular formula is C11H22N2O2. The molecule has 0 aromatic rings. The number of aliphatic hydroxyl groups is 1. The van der Waals surface area contributed by atoms with Crippen LogP contribution in [0.2, 0.25) is 0 Å². The molecule has 1 aliphatic rings. The van der Waals surface area contributed by atoms with Gasteiger partial charge in [0.2, 0.25) is 5.91 Å². The number of hydrogen-bond donors (Lipinski definition) is 3. The minimum Gasteiger partial charge on any atom is -0.396 e. The smallest absolute Gasteiger partial charge is 0.240 e. The number of rotatable bonds is 6. The van der Waals surface area contributed by atoms with Gasteiger partial charge in [0.1, 0.15) is 0 Å². The zero-order valence-electron chi connectivity index (χ0n) is 9.68. The maximum Gasteiger partial charge on any atom is 0.240 e. The second-order valence-electron chi connectivity index (χ2n) is 4.70. The van der Waals surface area contributed by atoms with Crippen molar-refractivity contribution in [3.8, 4) is 0 Å². The van der Waals surface area contributed by atoms with E-state index in [1.807, 2.05) is 13.8 Å². The van der Waals surface area contributed by atoms with Gasteiger partial charge in [-0.05, 0) is 25.7 Å². The standard InChI is InChI=1S/C11H22N2O2/c1-3-11(12,4-2)9(15)13-7-10(8-14)5-6-10/h14H,3-8,12H2,1-2H3,(H,13,15). The highest BCUT2D eigenvalue weighted by atomic mass is 16.3. The molecule has 4 heteroatoms. The molecule has 0 bridgehead atoms. The van der Waals surface area contributed by atoms with E-state index in [0.29, 0.717) is 19.4 Å². The average molecular weight is 214 g/mol. The van der Waals surface area contributed by atoms with Crippen LogP contribution in [-0.4, -0.2) is 29.7 Å². The third kappa shape index (κ3) is 2.69. The van der Waals surface area contributed by atoms with Crippen molar-refractivity contribution < 1.29 is 9.90 Å². The van der Waals surface area contributed by atoms with Crippen LogP contribution < -0.4 is 11.1 Å². The van der Waals surface area contributed by atoms with Crippen molar-refractivity contribution in [2.24, 2.45) is 11.1 Å². The summed E-state index contributed by atoms with van der Waals surface area (Å²) in [6.45, 7) is 4.55. The summed E-state index contributed by atoms with van der Waals surface area (Å²) >= 11 is 0. The summed E-state index contributed by atoms with van der Waals surface area (Å²) in [7, 11) is 0. The highest BCUT2D eigenvalue weighted by Crippen LogP contribution is 2.44. The predicted octanol–water partition coefficient (Wildman–Crippen LogP) is 0.393. The van der Waals surface area contributed by atoms with Crippen molar-refractivity contribution in [3.63, 3.8) is 0 Å². The number of carbonyl (C=O) groups excluding carboxylic acids is 1. The SMILES string of the molecule is CCC(N)(CC)C(=O)NCC1(CO)CC1. The molecule has 0 heterocycles. The largest absolute Gasteiger partial charge is 0.396 e. The highest BCUT2D eigenvalue weighted by Gasteiger charge is 2.43. The summed E-state index contributed by atoms with van der Waals surface area (Å²) in [5.74, 6) is -0.0905. The fourth-order valence-electron chi connectivity index (χ4n) is 1.58. The van der Waals surface area contributed by atoms with Crippen molar-refractivity contribution in [3.05, 3.63) is 0 Å². The number of nitrogens with two attached hydrogens (primary N) is 1. The molecule has 0 atom stereocenters. The van der Waals surface area contributed by atoms with Gasteiger partial charge in [0.15, 0.2) is 0 Å². The Balaban J connectivity index is 2.41. The lowest BCUT2D eigenvalue weighted by molar-refractivity contribution is -0.127. The summed E-state index contributed by atoms with van der Waals surface area (Å²) in [5, 5.41) is 12.0. The Hall–Kier alpha value is -0.610. The van der Waals surface area contributed by atoms with Crippen LogP contribution in [0.4, 0.5) is 0 Å². The van der Waals surface area contributed by atoms with Crippen molar-refractivity contribution in [2.45, 2.75) is 45.1 Å². The molecule has 4 N–H and O–H groups in total. The lowest BCUT2D eigenvalue weighted by atomic mass is 9.93. The second-order valence-corrected chi connectivity index (χ2v) is 4.70. The Labute approximate surface area is 91.2 Å². The molecule has 1 amide bonds. The third-order valence-electron chi connectivity index (χ3n) is 3.63. The van der Waals surface area contributed by atoms with Crippen LogP contribution in [0.3, 0.4) is 0 Å². The first kappa shape index (κ1) is 12.5. The third-order valence-corrected chi connectivity index (χ3v) is 3.63. The molecular weight excluding hydrogens is 192 g/mol. The molecule has 1 aliphatic carbocycles. The lowest BCUT2D eigenvalue weighted by Gasteiger charge is -2.26. The summed E-state index contributed by atoms with van der Waals surface area (Å²) in [4.78, 5) is 11.8. The van der Waals surface area contributed by atoms with Crippen LogP contribution in [0.25, 0.3) is 0 Å². The number of aliphatic hydroxyl groups excluding tert-OH is 1. The van der Waals surface area contributed by atoms with Crippen LogP contribution in [0, 0.1) is 5.41 Å². The monoisotopic (exact) mass is 214 g/mol. The number of carbonyl (C=O) groups is 1. The molecule has 1 rings (SSSR count). The fraction of sp³-hybridized carbons (Fsp3) is 0.909. The normalized spacial score (nSPS) is 18.7. The molecule has 0 aliphatic heterocycles. The molecule has 0 spiro atoms. The van der Waals surface area contributed by atoms with Gasteiger partial charge in [-0.2, -0.15) is 0 Å². The summed E-state index contributed by atoms with van der Waals surface area (Å²) < 4.78 is 0. The zero-order chi connectivity index (χ0) is 11.5. The molecule has 4 nitrogen and oxygen atoms in total. The van der Waals surface area contributed by atoms with E-state index >= 15 is 0 Å². The van der Waals surface area contributed by atoms with Crippen molar-refractivity contribution in [1.82, 2.24) is 5.32 Å². The van der Waals surface area contributed by atoms with Gasteiger partial charge < -0.3 is 16.2 Å². The van der Waals surface area contributed by atoms with E-state index < -0.39 is 5.54 Å². The Morgan fingerprint density at radius 1 is 1.47 bits per heavy atom. The lowest BCUT2D eigenvalue weighted by Crippen LogP contribution is -2.54. The van der Waals surface area contributed by atoms with Crippen LogP contribution >= 0.6 is 0 Å². The van der Waals surface area contributed by atoms with E-state index in [1.54, 1.807) is 0 Å². The number of hydrogen-bond acceptors (Lipinski definition) is 3. The molecule has 1 fully saturated rings. The zero-order valence-corrected chi connectivity index (χ0v) is 9.68. The fourth-order valence-corrected chi connectivity index (χ4v) is 1.58. The van der Waals surface area contributed by atoms with Gasteiger partial charge in [-0.25, -0.2) is 0 Å². The van der Waals surface area contributed by atoms with Gasteiger partial charge in [-0.15, -0.1) is 0 Å². The van der Waals surface area contributed by atoms with E-state index in [0.717, 1.165) is 12.8 Å². The molecule has 0 saturated heterocycles. The van der Waals surface area contributed by atoms with Crippen LogP contribution in [-0.2, 0) is 4.79 Å². The van der Waals surface area contributed by atoms with Crippen molar-refractivity contribution in [1.29, 1.82) is 0 Å². The van der Waals surface area contributed by atoms with Crippen LogP contribution in [0.15, 0.2) is 0 Å². The minimum atomic E-state index is -0.745. The molecule has 15 heavy (non-hydrogen) atoms. The minimum absolute atomic E-state index is 0.0436. The van der Waals surface area contributed by atoms with E-state index in [-0.39, 0.29) is 17.9 Å². The van der Waals surface area contributed by atoms with E-state index in [9.17, 15) is 4.79 Å². The van der Waals surface area contributed by atoms with Gasteiger partial charge in [0, 0.05) is 12.0 Å². The number of nitrogens with one attached hydrogen (secondary N) is 1. The summed E-state index contributed by atoms with van der Waals surface area (Å²) in [6.07, 6.45) is 3.28. The van der Waals surface area contributed by atoms with Crippen molar-refractivity contribution >= 4 is 5.91 Å². The van der Waals surface area contributed by atoms with Gasteiger partial charge in [0.05, 0.1) is 12.1 Å². The van der Waals surface area contributed by atoms with E-state index in [2.05, 4.69) is 5.32 Å². The average Bonchev–Trinajstić information content (AvgIpc) is 3.05. The Morgan fingerprint density at radius 3 is 2.33 bits per heavy atom. The predicted molar refractivity (Wildman–Crippen MR) is 59.3 cm³/mol. The Kier molecular flexibility index (Phi) is 3.73. The van der Waals surface area contributed by atoms with Gasteiger partial charge in [0.25, 0.3) is 0 Å². The molecule has 0 unspecified atom stereocenters. The Morgan fingerprint density at radius 2 is 2.00 bits per heavy atom. The van der Waals surface area contributed by atoms with Crippen LogP contribution in [0.1, 0.15) is 39.5 Å². The van der Waals surface area contributed by atoms with Crippen molar-refractivity contribution in [2.75, 3.05) is 13.2 Å².